The second-order valence-corrected chi connectivity index (χ2v) is 7.45. The van der Waals surface area contributed by atoms with Gasteiger partial charge in [-0.25, -0.2) is 0 Å². The summed E-state index contributed by atoms with van der Waals surface area (Å²) < 4.78 is 13.0. The van der Waals surface area contributed by atoms with Crippen LogP contribution < -0.4 is 4.90 Å². The minimum absolute atomic E-state index is 0.135. The van der Waals surface area contributed by atoms with Crippen molar-refractivity contribution in [2.75, 3.05) is 31.2 Å². The van der Waals surface area contributed by atoms with E-state index in [9.17, 15) is 4.79 Å². The van der Waals surface area contributed by atoms with E-state index < -0.39 is 0 Å². The van der Waals surface area contributed by atoms with Crippen LogP contribution >= 0.6 is 11.8 Å². The van der Waals surface area contributed by atoms with Crippen LogP contribution in [0.4, 0.5) is 5.95 Å². The van der Waals surface area contributed by atoms with Crippen molar-refractivity contribution in [3.05, 3.63) is 0 Å². The maximum absolute atomic E-state index is 11.8. The fourth-order valence-corrected chi connectivity index (χ4v) is 4.39. The molecule has 126 valence electrons. The largest absolute Gasteiger partial charge is 0.465 e. The molecule has 2 atom stereocenters. The molecule has 3 fully saturated rings. The Morgan fingerprint density at radius 1 is 1.13 bits per heavy atom. The van der Waals surface area contributed by atoms with Gasteiger partial charge in [0.15, 0.2) is 5.16 Å². The molecule has 0 aromatic carbocycles. The molecule has 1 aromatic heterocycles. The number of carbonyl (C=O) groups excluding carboxylic acids is 1. The van der Waals surface area contributed by atoms with Crippen molar-refractivity contribution in [1.82, 2.24) is 14.8 Å². The molecule has 23 heavy (non-hydrogen) atoms. The van der Waals surface area contributed by atoms with Crippen molar-refractivity contribution in [3.63, 3.8) is 0 Å². The standard InChI is InChI=1S/C15H22N4O3S/c20-13-12(5-9-22-13)23-15-17-16-14(18-6-1-2-7-18)19(15)10-11-4-3-8-21-11/h11-12H,1-10H2. The number of thioether (sulfide) groups is 1. The van der Waals surface area contributed by atoms with E-state index in [1.807, 2.05) is 0 Å². The van der Waals surface area contributed by atoms with Gasteiger partial charge < -0.3 is 14.4 Å². The van der Waals surface area contributed by atoms with Crippen molar-refractivity contribution in [2.24, 2.45) is 0 Å². The Hall–Kier alpha value is -1.28. The minimum Gasteiger partial charge on any atom is -0.465 e. The lowest BCUT2D eigenvalue weighted by atomic mass is 10.2. The molecule has 3 saturated heterocycles. The lowest BCUT2D eigenvalue weighted by Gasteiger charge is -2.20. The summed E-state index contributed by atoms with van der Waals surface area (Å²) in [5.74, 6) is 0.788. The highest BCUT2D eigenvalue weighted by Crippen LogP contribution is 2.32. The van der Waals surface area contributed by atoms with Crippen LogP contribution in [0, 0.1) is 0 Å². The molecule has 3 aliphatic heterocycles. The number of hydrogen-bond donors (Lipinski definition) is 0. The molecule has 1 aromatic rings. The summed E-state index contributed by atoms with van der Waals surface area (Å²) in [6.07, 6.45) is 5.56. The molecule has 0 aliphatic carbocycles. The summed E-state index contributed by atoms with van der Waals surface area (Å²) in [7, 11) is 0. The number of ether oxygens (including phenoxy) is 2. The normalized spacial score (nSPS) is 27.8. The van der Waals surface area contributed by atoms with Gasteiger partial charge >= 0.3 is 5.97 Å². The minimum atomic E-state index is -0.158. The van der Waals surface area contributed by atoms with Crippen LogP contribution in [-0.2, 0) is 20.8 Å². The molecule has 7 nitrogen and oxygen atoms in total. The second-order valence-electron chi connectivity index (χ2n) is 6.29. The number of carbonyl (C=O) groups is 1. The molecule has 0 N–H and O–H groups in total. The molecule has 0 spiro atoms. The van der Waals surface area contributed by atoms with Gasteiger partial charge in [-0.05, 0) is 25.7 Å². The summed E-state index contributed by atoms with van der Waals surface area (Å²) in [5, 5.41) is 9.44. The second kappa shape index (κ2) is 6.68. The van der Waals surface area contributed by atoms with Gasteiger partial charge in [0.2, 0.25) is 5.95 Å². The van der Waals surface area contributed by atoms with E-state index in [1.54, 1.807) is 0 Å². The summed E-state index contributed by atoms with van der Waals surface area (Å²) >= 11 is 1.48. The van der Waals surface area contributed by atoms with Crippen LogP contribution in [0.5, 0.6) is 0 Å². The molecule has 0 bridgehead atoms. The lowest BCUT2D eigenvalue weighted by Crippen LogP contribution is -2.25. The smallest absolute Gasteiger partial charge is 0.319 e. The third-order valence-corrected chi connectivity index (χ3v) is 5.86. The molecule has 4 heterocycles. The van der Waals surface area contributed by atoms with E-state index in [1.165, 1.54) is 24.6 Å². The zero-order valence-corrected chi connectivity index (χ0v) is 14.0. The SMILES string of the molecule is O=C1OCCC1Sc1nnc(N2CCCC2)n1CC1CCCO1. The van der Waals surface area contributed by atoms with Crippen LogP contribution in [0.2, 0.25) is 0 Å². The highest BCUT2D eigenvalue weighted by Gasteiger charge is 2.32. The highest BCUT2D eigenvalue weighted by molar-refractivity contribution is 8.00. The Kier molecular flexibility index (Phi) is 4.43. The van der Waals surface area contributed by atoms with Gasteiger partial charge in [-0.3, -0.25) is 9.36 Å². The number of aromatic nitrogens is 3. The van der Waals surface area contributed by atoms with Crippen LogP contribution in [0.1, 0.15) is 32.1 Å². The van der Waals surface area contributed by atoms with E-state index in [0.717, 1.165) is 56.6 Å². The molecule has 0 amide bonds. The molecule has 4 rings (SSSR count). The summed E-state index contributed by atoms with van der Waals surface area (Å²) in [6.45, 7) is 4.17. The number of cyclic esters (lactones) is 1. The Morgan fingerprint density at radius 2 is 2.00 bits per heavy atom. The molecule has 2 unspecified atom stereocenters. The van der Waals surface area contributed by atoms with Crippen LogP contribution in [0.15, 0.2) is 5.16 Å². The van der Waals surface area contributed by atoms with Gasteiger partial charge in [0.05, 0.1) is 19.3 Å². The van der Waals surface area contributed by atoms with Gasteiger partial charge in [-0.1, -0.05) is 11.8 Å². The average molecular weight is 338 g/mol. The topological polar surface area (TPSA) is 69.5 Å². The summed E-state index contributed by atoms with van der Waals surface area (Å²) in [6, 6.07) is 0. The molecule has 0 saturated carbocycles. The number of esters is 1. The van der Waals surface area contributed by atoms with Crippen molar-refractivity contribution in [3.8, 4) is 0 Å². The van der Waals surface area contributed by atoms with E-state index >= 15 is 0 Å². The first-order valence-electron chi connectivity index (χ1n) is 8.44. The fourth-order valence-electron chi connectivity index (χ4n) is 3.38. The third kappa shape index (κ3) is 3.19. The predicted octanol–water partition coefficient (Wildman–Crippen LogP) is 1.46. The zero-order chi connectivity index (χ0) is 15.6. The van der Waals surface area contributed by atoms with Crippen molar-refractivity contribution in [1.29, 1.82) is 0 Å². The van der Waals surface area contributed by atoms with E-state index in [2.05, 4.69) is 19.7 Å². The predicted molar refractivity (Wildman–Crippen MR) is 85.7 cm³/mol. The lowest BCUT2D eigenvalue weighted by molar-refractivity contribution is -0.137. The van der Waals surface area contributed by atoms with Crippen LogP contribution in [0.25, 0.3) is 0 Å². The molecule has 8 heteroatoms. The zero-order valence-electron chi connectivity index (χ0n) is 13.1. The number of hydrogen-bond acceptors (Lipinski definition) is 7. The fraction of sp³-hybridized carbons (Fsp3) is 0.800. The van der Waals surface area contributed by atoms with Crippen molar-refractivity contribution < 1.29 is 14.3 Å². The molecule has 0 radical (unpaired) electrons. The van der Waals surface area contributed by atoms with Crippen LogP contribution in [-0.4, -0.2) is 58.4 Å². The Balaban J connectivity index is 1.57. The molecular weight excluding hydrogens is 316 g/mol. The Morgan fingerprint density at radius 3 is 2.70 bits per heavy atom. The quantitative estimate of drug-likeness (QED) is 0.753. The number of rotatable bonds is 5. The number of anilines is 1. The van der Waals surface area contributed by atoms with Gasteiger partial charge in [0.1, 0.15) is 5.25 Å². The average Bonchev–Trinajstić information content (AvgIpc) is 3.31. The monoisotopic (exact) mass is 338 g/mol. The maximum atomic E-state index is 11.8. The van der Waals surface area contributed by atoms with Crippen molar-refractivity contribution >= 4 is 23.7 Å². The number of nitrogens with zero attached hydrogens (tertiary/aromatic N) is 4. The Labute approximate surface area is 139 Å². The highest BCUT2D eigenvalue weighted by atomic mass is 32.2. The molecular formula is C15H22N4O3S. The van der Waals surface area contributed by atoms with E-state index in [0.29, 0.717) is 6.61 Å². The third-order valence-electron chi connectivity index (χ3n) is 4.63. The maximum Gasteiger partial charge on any atom is 0.319 e. The van der Waals surface area contributed by atoms with Crippen molar-refractivity contribution in [2.45, 2.75) is 55.2 Å². The first-order chi connectivity index (χ1) is 11.3. The summed E-state index contributed by atoms with van der Waals surface area (Å²) in [5.41, 5.74) is 0. The van der Waals surface area contributed by atoms with Crippen LogP contribution in [0.3, 0.4) is 0 Å². The van der Waals surface area contributed by atoms with Gasteiger partial charge in [0.25, 0.3) is 0 Å². The molecule has 3 aliphatic rings. The first-order valence-corrected chi connectivity index (χ1v) is 9.32. The van der Waals surface area contributed by atoms with E-state index in [-0.39, 0.29) is 17.3 Å². The van der Waals surface area contributed by atoms with E-state index in [4.69, 9.17) is 9.47 Å². The Bertz CT molecular complexity index is 567. The van der Waals surface area contributed by atoms with Gasteiger partial charge in [-0.2, -0.15) is 0 Å². The first kappa shape index (κ1) is 15.3. The summed E-state index contributed by atoms with van der Waals surface area (Å²) in [4.78, 5) is 14.1. The van der Waals surface area contributed by atoms with Gasteiger partial charge in [-0.15, -0.1) is 10.2 Å². The van der Waals surface area contributed by atoms with Gasteiger partial charge in [0, 0.05) is 26.1 Å².